The molecule has 0 aliphatic carbocycles. The smallest absolute Gasteiger partial charge is 0.325 e. The largest absolute Gasteiger partial charge is 0.481 e. The summed E-state index contributed by atoms with van der Waals surface area (Å²) in [7, 11) is 0. The van der Waals surface area contributed by atoms with Crippen LogP contribution in [0.3, 0.4) is 0 Å². The second-order valence-corrected chi connectivity index (χ2v) is 3.63. The highest BCUT2D eigenvalue weighted by Gasteiger charge is 2.18. The number of hydrogen-bond donors (Lipinski definition) is 3. The Balaban J connectivity index is 2.51. The van der Waals surface area contributed by atoms with Crippen molar-refractivity contribution in [1.82, 2.24) is 5.32 Å². The van der Waals surface area contributed by atoms with Crippen LogP contribution in [-0.2, 0) is 9.59 Å². The average molecular weight is 237 g/mol. The van der Waals surface area contributed by atoms with Crippen molar-refractivity contribution in [1.29, 1.82) is 0 Å². The van der Waals surface area contributed by atoms with Crippen molar-refractivity contribution in [3.8, 4) is 0 Å². The highest BCUT2D eigenvalue weighted by Crippen LogP contribution is 2.12. The van der Waals surface area contributed by atoms with Gasteiger partial charge in [-0.25, -0.2) is 0 Å². The summed E-state index contributed by atoms with van der Waals surface area (Å²) in [6.45, 7) is 0.359. The minimum Gasteiger partial charge on any atom is -0.481 e. The molecule has 1 aromatic rings. The second kappa shape index (κ2) is 6.65. The molecule has 5 heteroatoms. The van der Waals surface area contributed by atoms with Gasteiger partial charge in [-0.05, 0) is 18.5 Å². The van der Waals surface area contributed by atoms with E-state index in [9.17, 15) is 9.59 Å². The highest BCUT2D eigenvalue weighted by molar-refractivity contribution is 5.75. The van der Waals surface area contributed by atoms with E-state index in [0.717, 1.165) is 0 Å². The molecule has 3 N–H and O–H groups in total. The second-order valence-electron chi connectivity index (χ2n) is 3.63. The summed E-state index contributed by atoms with van der Waals surface area (Å²) in [4.78, 5) is 21.4. The van der Waals surface area contributed by atoms with Gasteiger partial charge in [0.25, 0.3) is 0 Å². The first kappa shape index (κ1) is 13.2. The summed E-state index contributed by atoms with van der Waals surface area (Å²) in [5.74, 6) is -1.84. The van der Waals surface area contributed by atoms with Crippen LogP contribution in [0.25, 0.3) is 0 Å². The number of rotatable bonds is 7. The first-order chi connectivity index (χ1) is 8.11. The quantitative estimate of drug-likeness (QED) is 0.621. The Morgan fingerprint density at radius 3 is 2.35 bits per heavy atom. The van der Waals surface area contributed by atoms with Crippen molar-refractivity contribution in [3.05, 3.63) is 35.9 Å². The van der Waals surface area contributed by atoms with Crippen LogP contribution in [0.2, 0.25) is 0 Å². The molecule has 0 heterocycles. The fraction of sp³-hybridized carbons (Fsp3) is 0.333. The Kier molecular flexibility index (Phi) is 5.16. The summed E-state index contributed by atoms with van der Waals surface area (Å²) < 4.78 is 0. The maximum absolute atomic E-state index is 11.0. The number of aliphatic carboxylic acids is 2. The van der Waals surface area contributed by atoms with Gasteiger partial charge in [0, 0.05) is 6.42 Å². The van der Waals surface area contributed by atoms with E-state index < -0.39 is 18.0 Å². The monoisotopic (exact) mass is 237 g/mol. The molecule has 1 atom stereocenters. The van der Waals surface area contributed by atoms with Crippen LogP contribution in [0, 0.1) is 0 Å². The zero-order chi connectivity index (χ0) is 12.7. The Labute approximate surface area is 99.1 Å². The Hall–Kier alpha value is -1.88. The highest BCUT2D eigenvalue weighted by atomic mass is 16.4. The molecule has 1 unspecified atom stereocenters. The van der Waals surface area contributed by atoms with E-state index in [1.807, 2.05) is 6.07 Å². The lowest BCUT2D eigenvalue weighted by Gasteiger charge is -2.14. The zero-order valence-corrected chi connectivity index (χ0v) is 9.30. The van der Waals surface area contributed by atoms with Crippen molar-refractivity contribution in [2.24, 2.45) is 0 Å². The van der Waals surface area contributed by atoms with E-state index in [1.165, 1.54) is 0 Å². The van der Waals surface area contributed by atoms with Crippen LogP contribution in [0.15, 0.2) is 30.3 Å². The minimum absolute atomic E-state index is 0.0358. The van der Waals surface area contributed by atoms with Gasteiger partial charge < -0.3 is 15.5 Å². The molecule has 0 fully saturated rings. The lowest BCUT2D eigenvalue weighted by atomic mass is 10.1. The van der Waals surface area contributed by atoms with Crippen LogP contribution in [0.4, 0.5) is 0 Å². The maximum Gasteiger partial charge on any atom is 0.325 e. The van der Waals surface area contributed by atoms with Gasteiger partial charge in [-0.3, -0.25) is 9.59 Å². The maximum atomic E-state index is 11.0. The molecule has 0 bridgehead atoms. The topological polar surface area (TPSA) is 86.6 Å². The first-order valence-corrected chi connectivity index (χ1v) is 5.34. The van der Waals surface area contributed by atoms with Crippen molar-refractivity contribution in [3.63, 3.8) is 0 Å². The van der Waals surface area contributed by atoms with Crippen LogP contribution < -0.4 is 5.32 Å². The molecule has 0 radical (unpaired) electrons. The van der Waals surface area contributed by atoms with Crippen LogP contribution in [-0.4, -0.2) is 28.7 Å². The number of nitrogens with one attached hydrogen (secondary N) is 1. The van der Waals surface area contributed by atoms with Gasteiger partial charge in [-0.2, -0.15) is 0 Å². The van der Waals surface area contributed by atoms with Crippen molar-refractivity contribution >= 4 is 11.9 Å². The molecule has 0 amide bonds. The van der Waals surface area contributed by atoms with Gasteiger partial charge in [0.15, 0.2) is 0 Å². The van der Waals surface area contributed by atoms with Gasteiger partial charge in [0.05, 0.1) is 0 Å². The van der Waals surface area contributed by atoms with Gasteiger partial charge in [0.1, 0.15) is 6.04 Å². The number of carbonyl (C=O) groups is 2. The van der Waals surface area contributed by atoms with Crippen LogP contribution >= 0.6 is 0 Å². The predicted molar refractivity (Wildman–Crippen MR) is 61.7 cm³/mol. The molecule has 1 rings (SSSR count). The fourth-order valence-corrected chi connectivity index (χ4v) is 1.48. The van der Waals surface area contributed by atoms with Gasteiger partial charge in [-0.1, -0.05) is 30.3 Å². The van der Waals surface area contributed by atoms with Crippen molar-refractivity contribution in [2.75, 3.05) is 6.54 Å². The summed E-state index contributed by atoms with van der Waals surface area (Å²) in [5.41, 5.74) is 0.662. The molecule has 0 aromatic heterocycles. The fourth-order valence-electron chi connectivity index (χ4n) is 1.48. The molecule has 0 spiro atoms. The lowest BCUT2D eigenvalue weighted by molar-refractivity contribution is -0.139. The SMILES string of the molecule is O=C(O)CCCNC(C(=O)O)c1ccccc1. The summed E-state index contributed by atoms with van der Waals surface area (Å²) in [6.07, 6.45) is 0.445. The van der Waals surface area contributed by atoms with E-state index in [2.05, 4.69) is 5.32 Å². The van der Waals surface area contributed by atoms with Crippen LogP contribution in [0.1, 0.15) is 24.4 Å². The van der Waals surface area contributed by atoms with Crippen molar-refractivity contribution in [2.45, 2.75) is 18.9 Å². The molecule has 17 heavy (non-hydrogen) atoms. The molecule has 0 aliphatic heterocycles. The normalized spacial score (nSPS) is 12.0. The summed E-state index contributed by atoms with van der Waals surface area (Å²) >= 11 is 0. The van der Waals surface area contributed by atoms with E-state index in [-0.39, 0.29) is 6.42 Å². The molecule has 92 valence electrons. The third-order valence-electron chi connectivity index (χ3n) is 2.30. The Morgan fingerprint density at radius 1 is 1.18 bits per heavy atom. The molecule has 1 aromatic carbocycles. The standard InChI is InChI=1S/C12H15NO4/c14-10(15)7-4-8-13-11(12(16)17)9-5-2-1-3-6-9/h1-3,5-6,11,13H,4,7-8H2,(H,14,15)(H,16,17). The molecular formula is C12H15NO4. The van der Waals surface area contributed by atoms with Crippen molar-refractivity contribution < 1.29 is 19.8 Å². The molecular weight excluding hydrogens is 222 g/mol. The van der Waals surface area contributed by atoms with Gasteiger partial charge in [-0.15, -0.1) is 0 Å². The van der Waals surface area contributed by atoms with E-state index >= 15 is 0 Å². The van der Waals surface area contributed by atoms with Gasteiger partial charge >= 0.3 is 11.9 Å². The molecule has 0 saturated heterocycles. The van der Waals surface area contributed by atoms with E-state index in [4.69, 9.17) is 10.2 Å². The molecule has 0 aliphatic rings. The molecule has 0 saturated carbocycles. The third kappa shape index (κ3) is 4.65. The summed E-state index contributed by atoms with van der Waals surface area (Å²) in [6, 6.07) is 8.01. The number of benzene rings is 1. The zero-order valence-electron chi connectivity index (χ0n) is 9.30. The molecule has 5 nitrogen and oxygen atoms in total. The Bertz CT molecular complexity index is 377. The summed E-state index contributed by atoms with van der Waals surface area (Å²) in [5, 5.41) is 20.3. The third-order valence-corrected chi connectivity index (χ3v) is 2.30. The minimum atomic E-state index is -0.966. The average Bonchev–Trinajstić information content (AvgIpc) is 2.29. The predicted octanol–water partition coefficient (Wildman–Crippen LogP) is 1.27. The van der Waals surface area contributed by atoms with Crippen LogP contribution in [0.5, 0.6) is 0 Å². The first-order valence-electron chi connectivity index (χ1n) is 5.34. The van der Waals surface area contributed by atoms with E-state index in [0.29, 0.717) is 18.5 Å². The number of hydrogen-bond acceptors (Lipinski definition) is 3. The van der Waals surface area contributed by atoms with E-state index in [1.54, 1.807) is 24.3 Å². The number of carboxylic acid groups (broad SMARTS) is 2. The number of carboxylic acids is 2. The lowest BCUT2D eigenvalue weighted by Crippen LogP contribution is -2.29. The Morgan fingerprint density at radius 2 is 1.82 bits per heavy atom. The van der Waals surface area contributed by atoms with Gasteiger partial charge in [0.2, 0.25) is 0 Å².